The number of amides is 2. The van der Waals surface area contributed by atoms with Crippen molar-refractivity contribution < 1.29 is 9.53 Å². The average Bonchev–Trinajstić information content (AvgIpc) is 2.55. The van der Waals surface area contributed by atoms with Crippen LogP contribution < -0.4 is 15.4 Å². The third-order valence-electron chi connectivity index (χ3n) is 6.35. The second kappa shape index (κ2) is 6.89. The first-order valence-corrected chi connectivity index (χ1v) is 9.92. The molecule has 0 aromatic heterocycles. The molecule has 4 nitrogen and oxygen atoms in total. The molecular weight excluding hydrogens is 312 g/mol. The van der Waals surface area contributed by atoms with Crippen molar-refractivity contribution in [2.24, 2.45) is 17.8 Å². The minimum Gasteiger partial charge on any atom is -0.473 e. The van der Waals surface area contributed by atoms with Gasteiger partial charge in [-0.1, -0.05) is 25.5 Å². The Balaban J connectivity index is 1.24. The Morgan fingerprint density at radius 3 is 2.24 bits per heavy atom. The summed E-state index contributed by atoms with van der Waals surface area (Å²) in [5.41, 5.74) is 1.38. The molecule has 5 rings (SSSR count). The zero-order chi connectivity index (χ0) is 17.3. The number of carbonyl (C=O) groups excluding carboxylic acids is 1. The van der Waals surface area contributed by atoms with E-state index in [9.17, 15) is 4.79 Å². The van der Waals surface area contributed by atoms with Crippen LogP contribution in [0, 0.1) is 17.8 Å². The Morgan fingerprint density at radius 2 is 1.68 bits per heavy atom. The zero-order valence-electron chi connectivity index (χ0n) is 15.2. The van der Waals surface area contributed by atoms with Crippen molar-refractivity contribution in [1.29, 1.82) is 0 Å². The number of hydrogen-bond donors (Lipinski definition) is 2. The van der Waals surface area contributed by atoms with Crippen LogP contribution in [0.5, 0.6) is 5.75 Å². The van der Waals surface area contributed by atoms with E-state index in [4.69, 9.17) is 4.74 Å². The lowest BCUT2D eigenvalue weighted by molar-refractivity contribution is -0.0137. The molecule has 4 fully saturated rings. The van der Waals surface area contributed by atoms with E-state index in [1.165, 1.54) is 44.1 Å². The highest BCUT2D eigenvalue weighted by molar-refractivity contribution is 5.74. The molecule has 4 aliphatic rings. The lowest BCUT2D eigenvalue weighted by Gasteiger charge is -2.56. The molecule has 2 amide bonds. The molecular formula is C21H30N2O2. The summed E-state index contributed by atoms with van der Waals surface area (Å²) in [6.45, 7) is 2.39. The van der Waals surface area contributed by atoms with Crippen molar-refractivity contribution in [2.45, 2.75) is 63.8 Å². The summed E-state index contributed by atoms with van der Waals surface area (Å²) in [5, 5.41) is 6.18. The first kappa shape index (κ1) is 16.7. The first-order chi connectivity index (χ1) is 12.1. The van der Waals surface area contributed by atoms with E-state index in [1.54, 1.807) is 0 Å². The lowest BCUT2D eigenvalue weighted by Crippen LogP contribution is -2.61. The van der Waals surface area contributed by atoms with E-state index >= 15 is 0 Å². The third-order valence-corrected chi connectivity index (χ3v) is 6.35. The molecule has 0 atom stereocenters. The van der Waals surface area contributed by atoms with Gasteiger partial charge in [0.15, 0.2) is 6.73 Å². The summed E-state index contributed by atoms with van der Waals surface area (Å²) in [5.74, 6) is 3.31. The van der Waals surface area contributed by atoms with E-state index in [0.717, 1.165) is 36.3 Å². The molecule has 4 saturated carbocycles. The number of aryl methyl sites for hydroxylation is 1. The highest BCUT2D eigenvalue weighted by atomic mass is 16.5. The van der Waals surface area contributed by atoms with Gasteiger partial charge in [-0.3, -0.25) is 0 Å². The average molecular weight is 342 g/mol. The van der Waals surface area contributed by atoms with Crippen molar-refractivity contribution >= 4 is 6.03 Å². The van der Waals surface area contributed by atoms with Crippen LogP contribution in [-0.4, -0.2) is 18.3 Å². The molecule has 1 aromatic rings. The van der Waals surface area contributed by atoms with Gasteiger partial charge in [-0.2, -0.15) is 0 Å². The van der Waals surface area contributed by atoms with Gasteiger partial charge in [0.25, 0.3) is 0 Å². The predicted octanol–water partition coefficient (Wildman–Crippen LogP) is 4.24. The second-order valence-electron chi connectivity index (χ2n) is 8.51. The Kier molecular flexibility index (Phi) is 4.61. The predicted molar refractivity (Wildman–Crippen MR) is 98.5 cm³/mol. The van der Waals surface area contributed by atoms with Crippen molar-refractivity contribution in [3.63, 3.8) is 0 Å². The summed E-state index contributed by atoms with van der Waals surface area (Å²) >= 11 is 0. The van der Waals surface area contributed by atoms with Crippen molar-refractivity contribution in [2.75, 3.05) is 6.73 Å². The molecule has 1 aromatic carbocycles. The van der Waals surface area contributed by atoms with Crippen LogP contribution in [0.15, 0.2) is 24.3 Å². The Hall–Kier alpha value is -1.71. The van der Waals surface area contributed by atoms with Gasteiger partial charge < -0.3 is 15.4 Å². The maximum absolute atomic E-state index is 12.4. The monoisotopic (exact) mass is 342 g/mol. The molecule has 0 unspecified atom stereocenters. The second-order valence-corrected chi connectivity index (χ2v) is 8.51. The Bertz CT molecular complexity index is 576. The summed E-state index contributed by atoms with van der Waals surface area (Å²) < 4.78 is 5.66. The van der Waals surface area contributed by atoms with Gasteiger partial charge in [0, 0.05) is 5.54 Å². The molecule has 25 heavy (non-hydrogen) atoms. The first-order valence-electron chi connectivity index (χ1n) is 9.92. The molecule has 4 bridgehead atoms. The van der Waals surface area contributed by atoms with Crippen LogP contribution in [0.2, 0.25) is 0 Å². The smallest absolute Gasteiger partial charge is 0.317 e. The topological polar surface area (TPSA) is 50.4 Å². The zero-order valence-corrected chi connectivity index (χ0v) is 15.2. The Labute approximate surface area is 150 Å². The van der Waals surface area contributed by atoms with Gasteiger partial charge >= 0.3 is 6.03 Å². The van der Waals surface area contributed by atoms with E-state index in [2.05, 4.69) is 29.7 Å². The normalized spacial score (nSPS) is 32.4. The minimum atomic E-state index is -0.0791. The van der Waals surface area contributed by atoms with Gasteiger partial charge in [0.2, 0.25) is 0 Å². The van der Waals surface area contributed by atoms with Gasteiger partial charge in [0.1, 0.15) is 5.75 Å². The van der Waals surface area contributed by atoms with Crippen LogP contribution in [0.3, 0.4) is 0 Å². The van der Waals surface area contributed by atoms with Crippen LogP contribution in [0.1, 0.15) is 57.4 Å². The number of ether oxygens (including phenoxy) is 1. The molecule has 136 valence electrons. The maximum atomic E-state index is 12.4. The van der Waals surface area contributed by atoms with E-state index in [1.807, 2.05) is 12.1 Å². The fraction of sp³-hybridized carbons (Fsp3) is 0.667. The maximum Gasteiger partial charge on any atom is 0.317 e. The third kappa shape index (κ3) is 3.78. The highest BCUT2D eigenvalue weighted by Gasteiger charge is 2.51. The number of nitrogens with one attached hydrogen (secondary N) is 2. The summed E-state index contributed by atoms with van der Waals surface area (Å²) in [7, 11) is 0. The van der Waals surface area contributed by atoms with Gasteiger partial charge in [-0.25, -0.2) is 4.79 Å². The van der Waals surface area contributed by atoms with Crippen molar-refractivity contribution in [3.8, 4) is 5.75 Å². The van der Waals surface area contributed by atoms with E-state index in [-0.39, 0.29) is 18.3 Å². The fourth-order valence-electron chi connectivity index (χ4n) is 5.77. The van der Waals surface area contributed by atoms with Crippen molar-refractivity contribution in [3.05, 3.63) is 29.8 Å². The summed E-state index contributed by atoms with van der Waals surface area (Å²) in [4.78, 5) is 12.4. The number of rotatable bonds is 6. The molecule has 0 radical (unpaired) electrons. The molecule has 0 aliphatic heterocycles. The largest absolute Gasteiger partial charge is 0.473 e. The van der Waals surface area contributed by atoms with Crippen LogP contribution >= 0.6 is 0 Å². The van der Waals surface area contributed by atoms with Crippen LogP contribution in [-0.2, 0) is 6.42 Å². The number of urea groups is 1. The minimum absolute atomic E-state index is 0.0562. The molecule has 4 heteroatoms. The molecule has 0 heterocycles. The SMILES string of the molecule is CCCc1ccc(OCNC(=O)NC23CC4CC(CC(C4)C2)C3)cc1. The van der Waals surface area contributed by atoms with Gasteiger partial charge in [-0.15, -0.1) is 0 Å². The fourth-order valence-corrected chi connectivity index (χ4v) is 5.77. The molecule has 0 spiro atoms. The molecule has 4 aliphatic carbocycles. The highest BCUT2D eigenvalue weighted by Crippen LogP contribution is 2.55. The Morgan fingerprint density at radius 1 is 1.08 bits per heavy atom. The van der Waals surface area contributed by atoms with Crippen molar-refractivity contribution in [1.82, 2.24) is 10.6 Å². The quantitative estimate of drug-likeness (QED) is 0.760. The van der Waals surface area contributed by atoms with Crippen LogP contribution in [0.25, 0.3) is 0 Å². The van der Waals surface area contributed by atoms with E-state index < -0.39 is 0 Å². The number of carbonyl (C=O) groups is 1. The van der Waals surface area contributed by atoms with Crippen LogP contribution in [0.4, 0.5) is 4.79 Å². The molecule has 0 saturated heterocycles. The molecule has 2 N–H and O–H groups in total. The number of hydrogen-bond acceptors (Lipinski definition) is 2. The van der Waals surface area contributed by atoms with Gasteiger partial charge in [-0.05, 0) is 80.4 Å². The number of benzene rings is 1. The lowest BCUT2D eigenvalue weighted by atomic mass is 9.53. The van der Waals surface area contributed by atoms with E-state index in [0.29, 0.717) is 0 Å². The summed E-state index contributed by atoms with van der Waals surface area (Å²) in [6.07, 6.45) is 9.92. The summed E-state index contributed by atoms with van der Waals surface area (Å²) in [6, 6.07) is 8.06. The standard InChI is InChI=1S/C21H30N2O2/c1-2-3-15-4-6-19(7-5-15)25-14-22-20(24)23-21-11-16-8-17(12-21)10-18(9-16)13-21/h4-7,16-18H,2-3,8-14H2,1H3,(H2,22,23,24). The van der Waals surface area contributed by atoms with Gasteiger partial charge in [0.05, 0.1) is 0 Å².